The number of amides is 2. The summed E-state index contributed by atoms with van der Waals surface area (Å²) in [5.74, 6) is -2.19. The predicted octanol–water partition coefficient (Wildman–Crippen LogP) is 4.20. The lowest BCUT2D eigenvalue weighted by molar-refractivity contribution is -0.140. The van der Waals surface area contributed by atoms with Crippen molar-refractivity contribution in [2.24, 2.45) is 5.73 Å². The van der Waals surface area contributed by atoms with Crippen LogP contribution < -0.4 is 16.4 Å². The summed E-state index contributed by atoms with van der Waals surface area (Å²) < 4.78 is 51.8. The summed E-state index contributed by atoms with van der Waals surface area (Å²) in [6.45, 7) is -0.205. The summed E-state index contributed by atoms with van der Waals surface area (Å²) >= 11 is 0. The number of carbonyl (C=O) groups excluding carboxylic acids is 2. The Labute approximate surface area is 186 Å². The van der Waals surface area contributed by atoms with Crippen LogP contribution in [0.25, 0.3) is 0 Å². The number of anilines is 1. The highest BCUT2D eigenvalue weighted by Crippen LogP contribution is 2.31. The van der Waals surface area contributed by atoms with Gasteiger partial charge in [0.1, 0.15) is 5.82 Å². The Hall–Kier alpha value is -3.79. The quantitative estimate of drug-likeness (QED) is 0.461. The number of hydrogen-bond donors (Lipinski definition) is 3. The molecule has 10 heteroatoms. The summed E-state index contributed by atoms with van der Waals surface area (Å²) in [5.41, 5.74) is 6.36. The minimum absolute atomic E-state index is 0.107. The molecule has 0 aliphatic heterocycles. The molecular weight excluding hydrogens is 440 g/mol. The maximum Gasteiger partial charge on any atom is 0.419 e. The van der Waals surface area contributed by atoms with Crippen LogP contribution in [0, 0.1) is 5.82 Å². The van der Waals surface area contributed by atoms with Gasteiger partial charge in [0.15, 0.2) is 0 Å². The van der Waals surface area contributed by atoms with Gasteiger partial charge < -0.3 is 16.4 Å². The van der Waals surface area contributed by atoms with Crippen LogP contribution in [0.5, 0.6) is 0 Å². The molecule has 0 radical (unpaired) electrons. The van der Waals surface area contributed by atoms with Gasteiger partial charge in [-0.15, -0.1) is 0 Å². The highest BCUT2D eigenvalue weighted by Gasteiger charge is 2.34. The molecule has 0 saturated heterocycles. The van der Waals surface area contributed by atoms with Crippen LogP contribution >= 0.6 is 0 Å². The van der Waals surface area contributed by atoms with Crippen molar-refractivity contribution in [2.75, 3.05) is 5.32 Å². The third kappa shape index (κ3) is 6.59. The molecule has 172 valence electrons. The summed E-state index contributed by atoms with van der Waals surface area (Å²) in [6, 6.07) is 11.5. The SMILES string of the molecule is NC(CC(=O)NCc1ccc(F)c(C(F)(F)F)c1)c1ccc(C(=O)Nc2ccncc2)cc1. The van der Waals surface area contributed by atoms with Crippen LogP contribution in [0.1, 0.15) is 39.5 Å². The van der Waals surface area contributed by atoms with Crippen LogP contribution in [0.3, 0.4) is 0 Å². The van der Waals surface area contributed by atoms with Gasteiger partial charge >= 0.3 is 6.18 Å². The van der Waals surface area contributed by atoms with Crippen molar-refractivity contribution in [3.05, 3.63) is 95.1 Å². The average Bonchev–Trinajstić information content (AvgIpc) is 2.78. The predicted molar refractivity (Wildman–Crippen MR) is 113 cm³/mol. The van der Waals surface area contributed by atoms with E-state index < -0.39 is 29.5 Å². The molecule has 1 unspecified atom stereocenters. The minimum atomic E-state index is -4.83. The van der Waals surface area contributed by atoms with E-state index in [0.29, 0.717) is 28.9 Å². The first-order valence-electron chi connectivity index (χ1n) is 9.82. The number of rotatable bonds is 7. The monoisotopic (exact) mass is 460 g/mol. The molecule has 0 saturated carbocycles. The van der Waals surface area contributed by atoms with Crippen molar-refractivity contribution in [1.82, 2.24) is 10.3 Å². The van der Waals surface area contributed by atoms with E-state index in [1.54, 1.807) is 48.8 Å². The van der Waals surface area contributed by atoms with Crippen LogP contribution in [0.15, 0.2) is 67.0 Å². The fourth-order valence-corrected chi connectivity index (χ4v) is 3.01. The molecule has 0 spiro atoms. The molecule has 2 amide bonds. The fourth-order valence-electron chi connectivity index (χ4n) is 3.01. The molecule has 3 rings (SSSR count). The lowest BCUT2D eigenvalue weighted by atomic mass is 10.0. The van der Waals surface area contributed by atoms with Crippen LogP contribution in [0.2, 0.25) is 0 Å². The van der Waals surface area contributed by atoms with E-state index in [2.05, 4.69) is 15.6 Å². The van der Waals surface area contributed by atoms with Crippen molar-refractivity contribution in [2.45, 2.75) is 25.2 Å². The Morgan fingerprint density at radius 1 is 1.00 bits per heavy atom. The van der Waals surface area contributed by atoms with Crippen molar-refractivity contribution in [3.63, 3.8) is 0 Å². The molecular formula is C23H20F4N4O2. The number of hydrogen-bond acceptors (Lipinski definition) is 4. The van der Waals surface area contributed by atoms with Gasteiger partial charge in [-0.1, -0.05) is 18.2 Å². The molecule has 33 heavy (non-hydrogen) atoms. The molecule has 0 aliphatic rings. The topological polar surface area (TPSA) is 97.1 Å². The largest absolute Gasteiger partial charge is 0.419 e. The van der Waals surface area contributed by atoms with Crippen LogP contribution in [0.4, 0.5) is 23.2 Å². The Morgan fingerprint density at radius 3 is 2.30 bits per heavy atom. The summed E-state index contributed by atoms with van der Waals surface area (Å²) in [5, 5.41) is 5.20. The maximum atomic E-state index is 13.4. The molecule has 3 aromatic rings. The summed E-state index contributed by atoms with van der Waals surface area (Å²) in [4.78, 5) is 28.3. The van der Waals surface area contributed by atoms with Crippen molar-refractivity contribution in [3.8, 4) is 0 Å². The van der Waals surface area contributed by atoms with E-state index in [9.17, 15) is 27.2 Å². The van der Waals surface area contributed by atoms with Gasteiger partial charge in [0.25, 0.3) is 5.91 Å². The van der Waals surface area contributed by atoms with Crippen molar-refractivity contribution >= 4 is 17.5 Å². The zero-order chi connectivity index (χ0) is 24.0. The zero-order valence-corrected chi connectivity index (χ0v) is 17.2. The first-order chi connectivity index (χ1) is 15.6. The second-order valence-electron chi connectivity index (χ2n) is 7.21. The Bertz CT molecular complexity index is 1120. The first kappa shape index (κ1) is 23.9. The molecule has 0 bridgehead atoms. The fraction of sp³-hybridized carbons (Fsp3) is 0.174. The van der Waals surface area contributed by atoms with E-state index in [4.69, 9.17) is 5.73 Å². The van der Waals surface area contributed by atoms with Gasteiger partial charge in [-0.2, -0.15) is 13.2 Å². The second kappa shape index (κ2) is 10.2. The van der Waals surface area contributed by atoms with Gasteiger partial charge in [-0.3, -0.25) is 14.6 Å². The number of nitrogens with one attached hydrogen (secondary N) is 2. The summed E-state index contributed by atoms with van der Waals surface area (Å²) in [7, 11) is 0. The molecule has 6 nitrogen and oxygen atoms in total. The van der Waals surface area contributed by atoms with Gasteiger partial charge in [-0.25, -0.2) is 4.39 Å². The Kier molecular flexibility index (Phi) is 7.39. The highest BCUT2D eigenvalue weighted by atomic mass is 19.4. The molecule has 1 aromatic heterocycles. The van der Waals surface area contributed by atoms with Gasteiger partial charge in [0.2, 0.25) is 5.91 Å². The zero-order valence-electron chi connectivity index (χ0n) is 17.2. The van der Waals surface area contributed by atoms with Crippen LogP contribution in [-0.2, 0) is 17.5 Å². The Morgan fingerprint density at radius 2 is 1.67 bits per heavy atom. The van der Waals surface area contributed by atoms with E-state index in [0.717, 1.165) is 0 Å². The lowest BCUT2D eigenvalue weighted by Gasteiger charge is -2.14. The number of nitrogens with zero attached hydrogens (tertiary/aromatic N) is 1. The van der Waals surface area contributed by atoms with Crippen molar-refractivity contribution in [1.29, 1.82) is 0 Å². The van der Waals surface area contributed by atoms with E-state index in [1.807, 2.05) is 0 Å². The van der Waals surface area contributed by atoms with Crippen LogP contribution in [-0.4, -0.2) is 16.8 Å². The lowest BCUT2D eigenvalue weighted by Crippen LogP contribution is -2.27. The Balaban J connectivity index is 1.54. The van der Waals surface area contributed by atoms with Gasteiger partial charge in [0, 0.05) is 42.7 Å². The van der Waals surface area contributed by atoms with E-state index >= 15 is 0 Å². The standard InChI is InChI=1S/C23H20F4N4O2/c24-19-6-1-14(11-18(19)23(25,26)27)13-30-21(32)12-20(28)15-2-4-16(5-3-15)22(33)31-17-7-9-29-10-8-17/h1-11,20H,12-13,28H2,(H,30,32)(H,29,31,33). The second-order valence-corrected chi connectivity index (χ2v) is 7.21. The molecule has 4 N–H and O–H groups in total. The molecule has 2 aromatic carbocycles. The smallest absolute Gasteiger partial charge is 0.352 e. The first-order valence-corrected chi connectivity index (χ1v) is 9.82. The maximum absolute atomic E-state index is 13.4. The molecule has 1 heterocycles. The minimum Gasteiger partial charge on any atom is -0.352 e. The molecule has 0 aliphatic carbocycles. The number of nitrogens with two attached hydrogens (primary N) is 1. The highest BCUT2D eigenvalue weighted by molar-refractivity contribution is 6.04. The van der Waals surface area contributed by atoms with E-state index in [-0.39, 0.29) is 24.4 Å². The number of aromatic nitrogens is 1. The number of carbonyl (C=O) groups is 2. The number of alkyl halides is 3. The molecule has 0 fully saturated rings. The number of halogens is 4. The van der Waals surface area contributed by atoms with Gasteiger partial charge in [-0.05, 0) is 47.5 Å². The van der Waals surface area contributed by atoms with E-state index in [1.165, 1.54) is 6.07 Å². The number of pyridine rings is 1. The van der Waals surface area contributed by atoms with Gasteiger partial charge in [0.05, 0.1) is 5.56 Å². The third-order valence-electron chi connectivity index (χ3n) is 4.77. The number of benzene rings is 2. The van der Waals surface area contributed by atoms with Crippen molar-refractivity contribution < 1.29 is 27.2 Å². The molecule has 1 atom stereocenters. The average molecular weight is 460 g/mol. The third-order valence-corrected chi connectivity index (χ3v) is 4.77. The summed E-state index contributed by atoms with van der Waals surface area (Å²) in [6.07, 6.45) is -1.86. The normalized spacial score (nSPS) is 12.2.